The monoisotopic (exact) mass is 270 g/mol. The molecule has 0 aliphatic rings. The van der Waals surface area contributed by atoms with Gasteiger partial charge in [-0.15, -0.1) is 6.58 Å². The van der Waals surface area contributed by atoms with E-state index in [2.05, 4.69) is 67.7 Å². The van der Waals surface area contributed by atoms with Crippen LogP contribution in [-0.4, -0.2) is 11.1 Å². The molecule has 1 aromatic carbocycles. The van der Waals surface area contributed by atoms with E-state index in [1.807, 2.05) is 0 Å². The van der Waals surface area contributed by atoms with E-state index in [4.69, 9.17) is 0 Å². The summed E-state index contributed by atoms with van der Waals surface area (Å²) in [5.41, 5.74) is 3.99. The Bertz CT molecular complexity index is 578. The van der Waals surface area contributed by atoms with Gasteiger partial charge in [0.2, 0.25) is 0 Å². The molecule has 0 spiro atoms. The highest BCUT2D eigenvalue weighted by atomic mass is 15.0. The van der Waals surface area contributed by atoms with Crippen molar-refractivity contribution in [1.82, 2.24) is 9.88 Å². The van der Waals surface area contributed by atoms with Crippen molar-refractivity contribution < 1.29 is 0 Å². The van der Waals surface area contributed by atoms with Crippen LogP contribution in [0.1, 0.15) is 32.8 Å². The van der Waals surface area contributed by atoms with Crippen molar-refractivity contribution in [2.45, 2.75) is 40.3 Å². The van der Waals surface area contributed by atoms with E-state index in [0.29, 0.717) is 5.92 Å². The van der Waals surface area contributed by atoms with E-state index < -0.39 is 0 Å². The normalized spacial score (nSPS) is 11.4. The Morgan fingerprint density at radius 3 is 2.80 bits per heavy atom. The molecule has 0 saturated heterocycles. The third-order valence-electron chi connectivity index (χ3n) is 3.52. The molecule has 0 aliphatic carbocycles. The SMILES string of the molecule is C=C(C)CCn1ccc2cccc(CNCC(C)C)c21. The quantitative estimate of drug-likeness (QED) is 0.740. The number of rotatable bonds is 7. The van der Waals surface area contributed by atoms with Gasteiger partial charge in [0.1, 0.15) is 0 Å². The van der Waals surface area contributed by atoms with E-state index in [0.717, 1.165) is 26.1 Å². The highest BCUT2D eigenvalue weighted by Gasteiger charge is 2.06. The van der Waals surface area contributed by atoms with Gasteiger partial charge in [-0.25, -0.2) is 0 Å². The molecule has 0 atom stereocenters. The number of fused-ring (bicyclic) bond motifs is 1. The van der Waals surface area contributed by atoms with Gasteiger partial charge in [-0.05, 0) is 42.8 Å². The van der Waals surface area contributed by atoms with E-state index in [-0.39, 0.29) is 0 Å². The summed E-state index contributed by atoms with van der Waals surface area (Å²) in [6.45, 7) is 13.6. The maximum atomic E-state index is 4.00. The molecule has 0 bridgehead atoms. The number of benzene rings is 1. The van der Waals surface area contributed by atoms with Crippen molar-refractivity contribution in [3.8, 4) is 0 Å². The number of nitrogens with one attached hydrogen (secondary N) is 1. The molecule has 0 unspecified atom stereocenters. The molecule has 108 valence electrons. The van der Waals surface area contributed by atoms with Crippen LogP contribution in [0.5, 0.6) is 0 Å². The minimum atomic E-state index is 0.685. The molecular formula is C18H26N2. The van der Waals surface area contributed by atoms with Crippen molar-refractivity contribution in [3.05, 3.63) is 48.2 Å². The molecule has 20 heavy (non-hydrogen) atoms. The van der Waals surface area contributed by atoms with Crippen LogP contribution in [0.3, 0.4) is 0 Å². The topological polar surface area (TPSA) is 17.0 Å². The molecule has 2 nitrogen and oxygen atoms in total. The summed E-state index contributed by atoms with van der Waals surface area (Å²) < 4.78 is 2.36. The third kappa shape index (κ3) is 3.73. The van der Waals surface area contributed by atoms with Crippen molar-refractivity contribution in [2.24, 2.45) is 5.92 Å². The van der Waals surface area contributed by atoms with E-state index in [1.54, 1.807) is 0 Å². The first-order valence-corrected chi connectivity index (χ1v) is 7.49. The molecule has 0 radical (unpaired) electrons. The smallest absolute Gasteiger partial charge is 0.0525 e. The van der Waals surface area contributed by atoms with E-state index in [9.17, 15) is 0 Å². The maximum Gasteiger partial charge on any atom is 0.0525 e. The number of allylic oxidation sites excluding steroid dienone is 1. The molecule has 1 heterocycles. The van der Waals surface area contributed by atoms with Gasteiger partial charge in [0, 0.05) is 19.3 Å². The average molecular weight is 270 g/mol. The molecule has 0 amide bonds. The Hall–Kier alpha value is -1.54. The zero-order chi connectivity index (χ0) is 14.5. The molecule has 0 aliphatic heterocycles. The fourth-order valence-electron chi connectivity index (χ4n) is 2.48. The zero-order valence-electron chi connectivity index (χ0n) is 12.9. The number of hydrogen-bond donors (Lipinski definition) is 1. The van der Waals surface area contributed by atoms with E-state index >= 15 is 0 Å². The summed E-state index contributed by atoms with van der Waals surface area (Å²) >= 11 is 0. The first-order chi connectivity index (χ1) is 9.58. The second-order valence-corrected chi connectivity index (χ2v) is 6.10. The van der Waals surface area contributed by atoms with Crippen LogP contribution in [0.4, 0.5) is 0 Å². The van der Waals surface area contributed by atoms with Crippen LogP contribution in [-0.2, 0) is 13.1 Å². The van der Waals surface area contributed by atoms with Crippen LogP contribution in [0.15, 0.2) is 42.6 Å². The first kappa shape index (κ1) is 14.9. The lowest BCUT2D eigenvalue weighted by atomic mass is 10.1. The zero-order valence-corrected chi connectivity index (χ0v) is 12.9. The van der Waals surface area contributed by atoms with Crippen molar-refractivity contribution in [1.29, 1.82) is 0 Å². The Balaban J connectivity index is 2.20. The highest BCUT2D eigenvalue weighted by molar-refractivity contribution is 5.83. The Kier molecular flexibility index (Phi) is 5.02. The summed E-state index contributed by atoms with van der Waals surface area (Å²) in [5.74, 6) is 0.685. The maximum absolute atomic E-state index is 4.00. The molecule has 1 N–H and O–H groups in total. The predicted molar refractivity (Wildman–Crippen MR) is 87.9 cm³/mol. The lowest BCUT2D eigenvalue weighted by Gasteiger charge is -2.12. The van der Waals surface area contributed by atoms with Gasteiger partial charge in [-0.1, -0.05) is 37.6 Å². The first-order valence-electron chi connectivity index (χ1n) is 7.49. The van der Waals surface area contributed by atoms with Crippen molar-refractivity contribution in [3.63, 3.8) is 0 Å². The molecule has 2 heteroatoms. The van der Waals surface area contributed by atoms with Gasteiger partial charge in [-0.2, -0.15) is 0 Å². The van der Waals surface area contributed by atoms with Crippen LogP contribution in [0.25, 0.3) is 10.9 Å². The number of nitrogens with zero attached hydrogens (tertiary/aromatic N) is 1. The fourth-order valence-corrected chi connectivity index (χ4v) is 2.48. The van der Waals surface area contributed by atoms with Crippen LogP contribution >= 0.6 is 0 Å². The van der Waals surface area contributed by atoms with Crippen molar-refractivity contribution in [2.75, 3.05) is 6.54 Å². The largest absolute Gasteiger partial charge is 0.347 e. The number of aromatic nitrogens is 1. The summed E-state index contributed by atoms with van der Waals surface area (Å²) in [5, 5.41) is 4.87. The lowest BCUT2D eigenvalue weighted by molar-refractivity contribution is 0.552. The second kappa shape index (κ2) is 6.76. The number of para-hydroxylation sites is 1. The van der Waals surface area contributed by atoms with Gasteiger partial charge in [0.05, 0.1) is 5.52 Å². The summed E-state index contributed by atoms with van der Waals surface area (Å²) in [6, 6.07) is 8.78. The summed E-state index contributed by atoms with van der Waals surface area (Å²) in [6.07, 6.45) is 3.23. The highest BCUT2D eigenvalue weighted by Crippen LogP contribution is 2.21. The number of aryl methyl sites for hydroxylation is 1. The fraction of sp³-hybridized carbons (Fsp3) is 0.444. The Labute approximate surface area is 122 Å². The van der Waals surface area contributed by atoms with Crippen LogP contribution in [0, 0.1) is 5.92 Å². The predicted octanol–water partition coefficient (Wildman–Crippen LogP) is 4.35. The van der Waals surface area contributed by atoms with E-state index in [1.165, 1.54) is 22.0 Å². The third-order valence-corrected chi connectivity index (χ3v) is 3.52. The molecule has 2 aromatic rings. The summed E-state index contributed by atoms with van der Waals surface area (Å²) in [7, 11) is 0. The van der Waals surface area contributed by atoms with Crippen LogP contribution in [0.2, 0.25) is 0 Å². The Morgan fingerprint density at radius 1 is 1.30 bits per heavy atom. The molecular weight excluding hydrogens is 244 g/mol. The second-order valence-electron chi connectivity index (χ2n) is 6.10. The van der Waals surface area contributed by atoms with Gasteiger partial charge in [0.15, 0.2) is 0 Å². The molecule has 0 saturated carbocycles. The average Bonchev–Trinajstić information content (AvgIpc) is 2.80. The van der Waals surface area contributed by atoms with Crippen molar-refractivity contribution >= 4 is 10.9 Å². The number of hydrogen-bond acceptors (Lipinski definition) is 1. The van der Waals surface area contributed by atoms with Gasteiger partial charge in [0.25, 0.3) is 0 Å². The summed E-state index contributed by atoms with van der Waals surface area (Å²) in [4.78, 5) is 0. The molecule has 1 aromatic heterocycles. The van der Waals surface area contributed by atoms with Gasteiger partial charge in [-0.3, -0.25) is 0 Å². The Morgan fingerprint density at radius 2 is 2.10 bits per heavy atom. The van der Waals surface area contributed by atoms with Gasteiger partial charge < -0.3 is 9.88 Å². The van der Waals surface area contributed by atoms with Gasteiger partial charge >= 0.3 is 0 Å². The minimum Gasteiger partial charge on any atom is -0.347 e. The molecule has 2 rings (SSSR count). The lowest BCUT2D eigenvalue weighted by Crippen LogP contribution is -2.19. The standard InChI is InChI=1S/C18H26N2/c1-14(2)8-10-20-11-9-16-6-5-7-17(18(16)20)13-19-12-15(3)4/h5-7,9,11,15,19H,1,8,10,12-13H2,2-4H3. The minimum absolute atomic E-state index is 0.685. The van der Waals surface area contributed by atoms with Crippen LogP contribution < -0.4 is 5.32 Å². The molecule has 0 fully saturated rings.